The molecule has 0 amide bonds. The van der Waals surface area contributed by atoms with E-state index in [1.54, 1.807) is 0 Å². The number of thiophene rings is 2. The second-order valence-corrected chi connectivity index (χ2v) is 7.15. The molecule has 0 aliphatic carbocycles. The summed E-state index contributed by atoms with van der Waals surface area (Å²) in [5, 5.41) is 5.77. The number of hydrogen-bond donors (Lipinski definition) is 1. The molecular formula is C13H16BrNS2. The van der Waals surface area contributed by atoms with E-state index in [1.807, 2.05) is 22.7 Å². The largest absolute Gasteiger partial charge is 0.304 e. The molecule has 0 aliphatic heterocycles. The van der Waals surface area contributed by atoms with Crippen molar-refractivity contribution in [3.8, 4) is 0 Å². The fraction of sp³-hybridized carbons (Fsp3) is 0.385. The molecule has 2 aromatic rings. The summed E-state index contributed by atoms with van der Waals surface area (Å²) in [6.45, 7) is 5.33. The van der Waals surface area contributed by atoms with Crippen molar-refractivity contribution in [2.24, 2.45) is 0 Å². The molecule has 1 nitrogen and oxygen atoms in total. The SMILES string of the molecule is CCC(NCc1cc(Br)c(C)s1)c1cccs1. The third-order valence-electron chi connectivity index (χ3n) is 2.73. The van der Waals surface area contributed by atoms with Crippen LogP contribution in [0.15, 0.2) is 28.1 Å². The van der Waals surface area contributed by atoms with Crippen molar-refractivity contribution in [2.45, 2.75) is 32.9 Å². The molecule has 2 rings (SSSR count). The van der Waals surface area contributed by atoms with E-state index < -0.39 is 0 Å². The molecular weight excluding hydrogens is 314 g/mol. The van der Waals surface area contributed by atoms with E-state index in [1.165, 1.54) is 19.1 Å². The van der Waals surface area contributed by atoms with Gasteiger partial charge in [0, 0.05) is 31.7 Å². The Morgan fingerprint density at radius 2 is 2.29 bits per heavy atom. The molecule has 0 aromatic carbocycles. The zero-order chi connectivity index (χ0) is 12.3. The Labute approximate surface area is 119 Å². The van der Waals surface area contributed by atoms with E-state index in [2.05, 4.69) is 58.7 Å². The number of hydrogen-bond acceptors (Lipinski definition) is 3. The van der Waals surface area contributed by atoms with E-state index in [9.17, 15) is 0 Å². The van der Waals surface area contributed by atoms with E-state index in [4.69, 9.17) is 0 Å². The lowest BCUT2D eigenvalue weighted by Gasteiger charge is -2.14. The molecule has 0 fully saturated rings. The summed E-state index contributed by atoms with van der Waals surface area (Å²) in [6, 6.07) is 7.03. The highest BCUT2D eigenvalue weighted by Gasteiger charge is 2.10. The van der Waals surface area contributed by atoms with Crippen LogP contribution in [0.25, 0.3) is 0 Å². The average Bonchev–Trinajstić information content (AvgIpc) is 2.92. The fourth-order valence-corrected chi connectivity index (χ4v) is 4.20. The van der Waals surface area contributed by atoms with Crippen LogP contribution >= 0.6 is 38.6 Å². The average molecular weight is 330 g/mol. The van der Waals surface area contributed by atoms with Gasteiger partial charge in [-0.3, -0.25) is 0 Å². The van der Waals surface area contributed by atoms with Gasteiger partial charge in [-0.15, -0.1) is 22.7 Å². The van der Waals surface area contributed by atoms with Crippen LogP contribution in [0.4, 0.5) is 0 Å². The first-order valence-electron chi connectivity index (χ1n) is 5.72. The molecule has 0 aliphatic rings. The molecule has 92 valence electrons. The first-order chi connectivity index (χ1) is 8.20. The molecule has 0 radical (unpaired) electrons. The minimum atomic E-state index is 0.483. The minimum absolute atomic E-state index is 0.483. The summed E-state index contributed by atoms with van der Waals surface area (Å²) >= 11 is 7.25. The predicted molar refractivity (Wildman–Crippen MR) is 80.9 cm³/mol. The molecule has 0 saturated heterocycles. The molecule has 0 bridgehead atoms. The summed E-state index contributed by atoms with van der Waals surface area (Å²) in [7, 11) is 0. The lowest BCUT2D eigenvalue weighted by Crippen LogP contribution is -2.18. The van der Waals surface area contributed by atoms with Crippen molar-refractivity contribution < 1.29 is 0 Å². The highest BCUT2D eigenvalue weighted by molar-refractivity contribution is 9.10. The topological polar surface area (TPSA) is 12.0 Å². The van der Waals surface area contributed by atoms with Gasteiger partial charge in [-0.2, -0.15) is 0 Å². The van der Waals surface area contributed by atoms with Gasteiger partial charge in [-0.1, -0.05) is 13.0 Å². The van der Waals surface area contributed by atoms with Crippen LogP contribution in [0.5, 0.6) is 0 Å². The van der Waals surface area contributed by atoms with Gasteiger partial charge in [0.2, 0.25) is 0 Å². The third-order valence-corrected chi connectivity index (χ3v) is 5.85. The maximum atomic E-state index is 3.63. The number of nitrogens with one attached hydrogen (secondary N) is 1. The van der Waals surface area contributed by atoms with Crippen molar-refractivity contribution in [2.75, 3.05) is 0 Å². The fourth-order valence-electron chi connectivity index (χ4n) is 1.76. The minimum Gasteiger partial charge on any atom is -0.304 e. The molecule has 2 heterocycles. The summed E-state index contributed by atoms with van der Waals surface area (Å²) in [5.41, 5.74) is 0. The molecule has 17 heavy (non-hydrogen) atoms. The van der Waals surface area contributed by atoms with Gasteiger partial charge in [-0.25, -0.2) is 0 Å². The van der Waals surface area contributed by atoms with Crippen LogP contribution in [0.1, 0.15) is 34.0 Å². The smallest absolute Gasteiger partial charge is 0.0415 e. The Balaban J connectivity index is 1.97. The molecule has 1 unspecified atom stereocenters. The summed E-state index contributed by atoms with van der Waals surface area (Å²) in [6.07, 6.45) is 1.13. The monoisotopic (exact) mass is 329 g/mol. The Kier molecular flexibility index (Phi) is 4.79. The van der Waals surface area contributed by atoms with Crippen molar-refractivity contribution in [1.82, 2.24) is 5.32 Å². The second kappa shape index (κ2) is 6.14. The van der Waals surface area contributed by atoms with Crippen LogP contribution in [0, 0.1) is 6.92 Å². The standard InChI is InChI=1S/C13H16BrNS2/c1-3-12(13-5-4-6-16-13)15-8-10-7-11(14)9(2)17-10/h4-7,12,15H,3,8H2,1-2H3. The Bertz CT molecular complexity index is 442. The predicted octanol–water partition coefficient (Wildman–Crippen LogP) is 5.12. The zero-order valence-corrected chi connectivity index (χ0v) is 13.2. The quantitative estimate of drug-likeness (QED) is 0.802. The van der Waals surface area contributed by atoms with E-state index in [-0.39, 0.29) is 0 Å². The van der Waals surface area contributed by atoms with Crippen LogP contribution in [-0.4, -0.2) is 0 Å². The molecule has 1 N–H and O–H groups in total. The molecule has 1 atom stereocenters. The second-order valence-electron chi connectivity index (χ2n) is 3.97. The van der Waals surface area contributed by atoms with Gasteiger partial charge in [0.15, 0.2) is 0 Å². The zero-order valence-electron chi connectivity index (χ0n) is 10.00. The van der Waals surface area contributed by atoms with Gasteiger partial charge >= 0.3 is 0 Å². The highest BCUT2D eigenvalue weighted by Crippen LogP contribution is 2.27. The van der Waals surface area contributed by atoms with Crippen molar-refractivity contribution in [1.29, 1.82) is 0 Å². The van der Waals surface area contributed by atoms with Gasteiger partial charge in [0.25, 0.3) is 0 Å². The Hall–Kier alpha value is -0.160. The third kappa shape index (κ3) is 3.41. The summed E-state index contributed by atoms with van der Waals surface area (Å²) in [4.78, 5) is 4.18. The molecule has 2 aromatic heterocycles. The number of rotatable bonds is 5. The highest BCUT2D eigenvalue weighted by atomic mass is 79.9. The number of aryl methyl sites for hydroxylation is 1. The van der Waals surface area contributed by atoms with Gasteiger partial charge in [0.1, 0.15) is 0 Å². The molecule has 0 saturated carbocycles. The maximum absolute atomic E-state index is 3.63. The number of halogens is 1. The first-order valence-corrected chi connectivity index (χ1v) is 8.21. The molecule has 0 spiro atoms. The maximum Gasteiger partial charge on any atom is 0.0415 e. The summed E-state index contributed by atoms with van der Waals surface area (Å²) in [5.74, 6) is 0. The summed E-state index contributed by atoms with van der Waals surface area (Å²) < 4.78 is 1.23. The van der Waals surface area contributed by atoms with Crippen molar-refractivity contribution in [3.05, 3.63) is 42.7 Å². The van der Waals surface area contributed by atoms with Crippen LogP contribution < -0.4 is 5.32 Å². The first kappa shape index (κ1) is 13.3. The van der Waals surface area contributed by atoms with Gasteiger partial charge in [0.05, 0.1) is 0 Å². The van der Waals surface area contributed by atoms with Crippen LogP contribution in [0.2, 0.25) is 0 Å². The van der Waals surface area contributed by atoms with Crippen LogP contribution in [-0.2, 0) is 6.54 Å². The van der Waals surface area contributed by atoms with Gasteiger partial charge in [-0.05, 0) is 46.8 Å². The Morgan fingerprint density at radius 1 is 1.47 bits per heavy atom. The Morgan fingerprint density at radius 3 is 2.82 bits per heavy atom. The van der Waals surface area contributed by atoms with E-state index in [0.717, 1.165) is 13.0 Å². The van der Waals surface area contributed by atoms with E-state index >= 15 is 0 Å². The van der Waals surface area contributed by atoms with Crippen molar-refractivity contribution in [3.63, 3.8) is 0 Å². The lowest BCUT2D eigenvalue weighted by atomic mass is 10.2. The molecule has 4 heteroatoms. The van der Waals surface area contributed by atoms with Gasteiger partial charge < -0.3 is 5.32 Å². The van der Waals surface area contributed by atoms with Crippen molar-refractivity contribution >= 4 is 38.6 Å². The van der Waals surface area contributed by atoms with Crippen LogP contribution in [0.3, 0.4) is 0 Å². The lowest BCUT2D eigenvalue weighted by molar-refractivity contribution is 0.529. The normalized spacial score (nSPS) is 12.9. The van der Waals surface area contributed by atoms with E-state index in [0.29, 0.717) is 6.04 Å².